The van der Waals surface area contributed by atoms with Gasteiger partial charge >= 0.3 is 6.09 Å². The van der Waals surface area contributed by atoms with Gasteiger partial charge in [-0.05, 0) is 46.0 Å². The molecule has 1 rings (SSSR count). The largest absolute Gasteiger partial charge is 0.444 e. The fraction of sp³-hybridized carbons (Fsp3) is 0.882. The minimum Gasteiger partial charge on any atom is -0.444 e. The first-order valence-electron chi connectivity index (χ1n) is 8.52. The maximum Gasteiger partial charge on any atom is 0.407 e. The summed E-state index contributed by atoms with van der Waals surface area (Å²) >= 11 is 0. The number of nitrogens with one attached hydrogen (secondary N) is 1. The van der Waals surface area contributed by atoms with Gasteiger partial charge in [-0.2, -0.15) is 0 Å². The number of nitrogens with zero attached hydrogens (tertiary/aromatic N) is 1. The number of carbonyl (C=O) groups excluding carboxylic acids is 2. The minimum absolute atomic E-state index is 0.0130. The predicted molar refractivity (Wildman–Crippen MR) is 87.7 cm³/mol. The molecule has 2 atom stereocenters. The smallest absolute Gasteiger partial charge is 0.407 e. The van der Waals surface area contributed by atoms with Crippen LogP contribution in [0.1, 0.15) is 66.7 Å². The maximum absolute atomic E-state index is 12.2. The fourth-order valence-corrected chi connectivity index (χ4v) is 2.98. The van der Waals surface area contributed by atoms with Crippen molar-refractivity contribution in [3.05, 3.63) is 0 Å². The number of ether oxygens (including phenoxy) is 1. The van der Waals surface area contributed by atoms with Gasteiger partial charge in [0.15, 0.2) is 0 Å². The van der Waals surface area contributed by atoms with Crippen molar-refractivity contribution in [3.63, 3.8) is 0 Å². The third-order valence-electron chi connectivity index (χ3n) is 3.77. The first-order valence-corrected chi connectivity index (χ1v) is 8.52. The van der Waals surface area contributed by atoms with Gasteiger partial charge in [0.1, 0.15) is 5.60 Å². The molecular weight excluding hydrogens is 280 g/mol. The van der Waals surface area contributed by atoms with Gasteiger partial charge in [-0.25, -0.2) is 4.79 Å². The number of amides is 2. The molecule has 0 radical (unpaired) electrons. The second-order valence-corrected chi connectivity index (χ2v) is 7.28. The Kier molecular flexibility index (Phi) is 7.17. The zero-order valence-corrected chi connectivity index (χ0v) is 14.8. The van der Waals surface area contributed by atoms with Crippen LogP contribution in [0.3, 0.4) is 0 Å². The Morgan fingerprint density at radius 3 is 2.41 bits per heavy atom. The van der Waals surface area contributed by atoms with Gasteiger partial charge in [0.05, 0.1) is 6.04 Å². The lowest BCUT2D eigenvalue weighted by atomic mass is 9.90. The average molecular weight is 312 g/mol. The van der Waals surface area contributed by atoms with E-state index in [1.54, 1.807) is 0 Å². The van der Waals surface area contributed by atoms with E-state index in [9.17, 15) is 9.59 Å². The molecule has 1 saturated heterocycles. The topological polar surface area (TPSA) is 58.6 Å². The molecule has 1 fully saturated rings. The Balaban J connectivity index is 2.64. The molecule has 1 aliphatic rings. The van der Waals surface area contributed by atoms with Crippen molar-refractivity contribution in [2.45, 2.75) is 78.4 Å². The number of likely N-dealkylation sites (tertiary alicyclic amines) is 1. The van der Waals surface area contributed by atoms with Crippen LogP contribution in [0.2, 0.25) is 0 Å². The number of piperidine rings is 1. The summed E-state index contributed by atoms with van der Waals surface area (Å²) in [6.07, 6.45) is 4.15. The SMILES string of the molecule is CCCC(=O)N1CC(CCC)CC(NC(=O)OC(C)(C)C)C1. The van der Waals surface area contributed by atoms with Gasteiger partial charge < -0.3 is 15.0 Å². The maximum atomic E-state index is 12.2. The highest BCUT2D eigenvalue weighted by Crippen LogP contribution is 2.22. The first kappa shape index (κ1) is 18.8. The van der Waals surface area contributed by atoms with E-state index in [2.05, 4.69) is 12.2 Å². The Bertz CT molecular complexity index is 377. The van der Waals surface area contributed by atoms with Crippen LogP contribution in [0.4, 0.5) is 4.79 Å². The molecular formula is C17H32N2O3. The summed E-state index contributed by atoms with van der Waals surface area (Å²) in [7, 11) is 0. The van der Waals surface area contributed by atoms with Crippen LogP contribution >= 0.6 is 0 Å². The van der Waals surface area contributed by atoms with Gasteiger partial charge in [-0.15, -0.1) is 0 Å². The Labute approximate surface area is 134 Å². The average Bonchev–Trinajstić information content (AvgIpc) is 2.36. The molecule has 0 saturated carbocycles. The van der Waals surface area contributed by atoms with Crippen molar-refractivity contribution in [2.75, 3.05) is 13.1 Å². The van der Waals surface area contributed by atoms with Crippen molar-refractivity contribution >= 4 is 12.0 Å². The summed E-state index contributed by atoms with van der Waals surface area (Å²) in [6, 6.07) is -0.0130. The number of alkyl carbamates (subject to hydrolysis) is 1. The Morgan fingerprint density at radius 1 is 1.18 bits per heavy atom. The minimum atomic E-state index is -0.501. The van der Waals surface area contributed by atoms with Gasteiger partial charge in [-0.1, -0.05) is 20.3 Å². The molecule has 1 heterocycles. The van der Waals surface area contributed by atoms with Crippen LogP contribution in [-0.2, 0) is 9.53 Å². The summed E-state index contributed by atoms with van der Waals surface area (Å²) in [6.45, 7) is 11.1. The van der Waals surface area contributed by atoms with Crippen LogP contribution in [-0.4, -0.2) is 41.6 Å². The normalized spacial score (nSPS) is 22.3. The molecule has 0 spiro atoms. The molecule has 22 heavy (non-hydrogen) atoms. The number of hydrogen-bond acceptors (Lipinski definition) is 3. The summed E-state index contributed by atoms with van der Waals surface area (Å²) in [5.41, 5.74) is -0.501. The highest BCUT2D eigenvalue weighted by atomic mass is 16.6. The van der Waals surface area contributed by atoms with Crippen LogP contribution in [0.25, 0.3) is 0 Å². The molecule has 128 valence electrons. The van der Waals surface area contributed by atoms with Crippen molar-refractivity contribution in [2.24, 2.45) is 5.92 Å². The van der Waals surface area contributed by atoms with E-state index in [1.807, 2.05) is 32.6 Å². The van der Waals surface area contributed by atoms with Crippen LogP contribution in [0.15, 0.2) is 0 Å². The van der Waals surface area contributed by atoms with Crippen molar-refractivity contribution in [1.82, 2.24) is 10.2 Å². The van der Waals surface area contributed by atoms with E-state index >= 15 is 0 Å². The van der Waals surface area contributed by atoms with E-state index in [0.717, 1.165) is 32.2 Å². The molecule has 0 bridgehead atoms. The number of rotatable bonds is 5. The predicted octanol–water partition coefficient (Wildman–Crippen LogP) is 3.33. The van der Waals surface area contributed by atoms with Crippen LogP contribution < -0.4 is 5.32 Å². The summed E-state index contributed by atoms with van der Waals surface area (Å²) < 4.78 is 5.33. The standard InChI is InChI=1S/C17H32N2O3/c1-6-8-13-10-14(18-16(21)22-17(3,4)5)12-19(11-13)15(20)9-7-2/h13-14H,6-12H2,1-5H3,(H,18,21). The first-order chi connectivity index (χ1) is 10.2. The zero-order chi connectivity index (χ0) is 16.8. The van der Waals surface area contributed by atoms with Crippen LogP contribution in [0, 0.1) is 5.92 Å². The third-order valence-corrected chi connectivity index (χ3v) is 3.77. The monoisotopic (exact) mass is 312 g/mol. The Hall–Kier alpha value is -1.26. The second-order valence-electron chi connectivity index (χ2n) is 7.28. The molecule has 1 aliphatic heterocycles. The highest BCUT2D eigenvalue weighted by Gasteiger charge is 2.31. The lowest BCUT2D eigenvalue weighted by molar-refractivity contribution is -0.133. The summed E-state index contributed by atoms with van der Waals surface area (Å²) in [5.74, 6) is 0.652. The molecule has 2 unspecified atom stereocenters. The molecule has 0 aromatic carbocycles. The van der Waals surface area contributed by atoms with Gasteiger partial charge in [0.25, 0.3) is 0 Å². The lowest BCUT2D eigenvalue weighted by Gasteiger charge is -2.38. The number of carbonyl (C=O) groups is 2. The Morgan fingerprint density at radius 2 is 1.86 bits per heavy atom. The molecule has 2 amide bonds. The molecule has 0 aliphatic carbocycles. The molecule has 1 N–H and O–H groups in total. The second kappa shape index (κ2) is 8.39. The fourth-order valence-electron chi connectivity index (χ4n) is 2.98. The van der Waals surface area contributed by atoms with E-state index in [-0.39, 0.29) is 11.9 Å². The molecule has 5 nitrogen and oxygen atoms in total. The van der Waals surface area contributed by atoms with Gasteiger partial charge in [0.2, 0.25) is 5.91 Å². The lowest BCUT2D eigenvalue weighted by Crippen LogP contribution is -2.53. The number of hydrogen-bond donors (Lipinski definition) is 1. The van der Waals surface area contributed by atoms with E-state index in [1.165, 1.54) is 0 Å². The van der Waals surface area contributed by atoms with Crippen molar-refractivity contribution in [3.8, 4) is 0 Å². The summed E-state index contributed by atoms with van der Waals surface area (Å²) in [4.78, 5) is 26.1. The van der Waals surface area contributed by atoms with Crippen molar-refractivity contribution < 1.29 is 14.3 Å². The summed E-state index contributed by atoms with van der Waals surface area (Å²) in [5, 5.41) is 2.94. The van der Waals surface area contributed by atoms with E-state index in [4.69, 9.17) is 4.74 Å². The third kappa shape index (κ3) is 6.67. The van der Waals surface area contributed by atoms with Crippen molar-refractivity contribution in [1.29, 1.82) is 0 Å². The highest BCUT2D eigenvalue weighted by molar-refractivity contribution is 5.76. The van der Waals surface area contributed by atoms with Gasteiger partial charge in [0, 0.05) is 19.5 Å². The van der Waals surface area contributed by atoms with E-state index in [0.29, 0.717) is 18.9 Å². The molecule has 0 aromatic rings. The molecule has 5 heteroatoms. The zero-order valence-electron chi connectivity index (χ0n) is 14.8. The van der Waals surface area contributed by atoms with Crippen LogP contribution in [0.5, 0.6) is 0 Å². The van der Waals surface area contributed by atoms with E-state index < -0.39 is 11.7 Å². The molecule has 0 aromatic heterocycles. The van der Waals surface area contributed by atoms with Gasteiger partial charge in [-0.3, -0.25) is 4.79 Å². The quantitative estimate of drug-likeness (QED) is 0.847.